The maximum Gasteiger partial charge on any atom is 0.164 e. The molecule has 0 unspecified atom stereocenters. The van der Waals surface area contributed by atoms with E-state index in [1.54, 1.807) is 0 Å². The lowest BCUT2D eigenvalue weighted by molar-refractivity contribution is 0.669. The van der Waals surface area contributed by atoms with Gasteiger partial charge in [-0.05, 0) is 81.6 Å². The van der Waals surface area contributed by atoms with Gasteiger partial charge >= 0.3 is 0 Å². The first-order valence-electron chi connectivity index (χ1n) is 20.1. The summed E-state index contributed by atoms with van der Waals surface area (Å²) in [4.78, 5) is 18.0. The predicted octanol–water partition coefficient (Wildman–Crippen LogP) is 14.7. The van der Waals surface area contributed by atoms with Crippen LogP contribution < -0.4 is 4.90 Å². The Balaban J connectivity index is 1.17. The molecule has 0 fully saturated rings. The van der Waals surface area contributed by atoms with Crippen LogP contribution in [0, 0.1) is 0 Å². The molecule has 60 heavy (non-hydrogen) atoms. The molecule has 0 spiro atoms. The first-order valence-corrected chi connectivity index (χ1v) is 20.1. The first-order chi connectivity index (χ1) is 29.7. The smallest absolute Gasteiger partial charge is 0.164 e. The number of para-hydroxylation sites is 1. The van der Waals surface area contributed by atoms with Gasteiger partial charge in [-0.3, -0.25) is 0 Å². The summed E-state index contributed by atoms with van der Waals surface area (Å²) in [6.45, 7) is 0. The van der Waals surface area contributed by atoms with Gasteiger partial charge in [-0.2, -0.15) is 0 Å². The lowest BCUT2D eigenvalue weighted by Crippen LogP contribution is -2.10. The van der Waals surface area contributed by atoms with Gasteiger partial charge in [0.05, 0.1) is 5.69 Å². The Morgan fingerprint density at radius 1 is 0.317 bits per heavy atom. The molecule has 0 saturated carbocycles. The van der Waals surface area contributed by atoms with E-state index in [4.69, 9.17) is 19.4 Å². The van der Waals surface area contributed by atoms with Crippen molar-refractivity contribution >= 4 is 49.8 Å². The van der Waals surface area contributed by atoms with E-state index in [0.29, 0.717) is 17.5 Å². The minimum atomic E-state index is 0.555. The molecule has 0 radical (unpaired) electrons. The number of nitrogens with zero attached hydrogens (tertiary/aromatic N) is 4. The van der Waals surface area contributed by atoms with Crippen molar-refractivity contribution in [3.8, 4) is 56.4 Å². The number of rotatable bonds is 8. The molecule has 0 aliphatic heterocycles. The molecule has 0 amide bonds. The zero-order valence-electron chi connectivity index (χ0n) is 32.5. The first kappa shape index (κ1) is 35.0. The summed E-state index contributed by atoms with van der Waals surface area (Å²) in [7, 11) is 0. The quantitative estimate of drug-likeness (QED) is 0.154. The number of benzene rings is 9. The fourth-order valence-electron chi connectivity index (χ4n) is 8.15. The molecule has 0 aliphatic rings. The Hall–Kier alpha value is -8.15. The summed E-state index contributed by atoms with van der Waals surface area (Å²) < 4.78 is 6.86. The molecule has 0 bridgehead atoms. The molecule has 0 saturated heterocycles. The van der Waals surface area contributed by atoms with E-state index in [1.807, 2.05) is 48.5 Å². The van der Waals surface area contributed by atoms with E-state index in [9.17, 15) is 0 Å². The predicted molar refractivity (Wildman–Crippen MR) is 246 cm³/mol. The lowest BCUT2D eigenvalue weighted by Gasteiger charge is -2.26. The van der Waals surface area contributed by atoms with Gasteiger partial charge in [0.25, 0.3) is 0 Å². The Labute approximate surface area is 347 Å². The highest BCUT2D eigenvalue weighted by Gasteiger charge is 2.23. The second kappa shape index (κ2) is 15.0. The summed E-state index contributed by atoms with van der Waals surface area (Å²) in [6.07, 6.45) is 0. The molecule has 0 atom stereocenters. The van der Waals surface area contributed by atoms with Gasteiger partial charge in [0.15, 0.2) is 17.5 Å². The monoisotopic (exact) mass is 768 g/mol. The highest BCUT2D eigenvalue weighted by molar-refractivity contribution is 6.16. The maximum atomic E-state index is 6.86. The lowest BCUT2D eigenvalue weighted by atomic mass is 10.0. The molecule has 5 heteroatoms. The van der Waals surface area contributed by atoms with Crippen LogP contribution in [0.15, 0.2) is 223 Å². The fraction of sp³-hybridized carbons (Fsp3) is 0. The molecule has 9 aromatic carbocycles. The standard InChI is InChI=1S/C55H36N4O/c1-5-16-37(17-6-1)39-28-30-46(31-29-39)59(45-26-11-4-12-27-45)47-35-49(52-48-33-42-22-13-14-23-43(42)34-50(48)60-51(52)36-47)55-57-53(40-20-9-3-10-21-40)56-54(58-55)44-25-15-24-41(32-44)38-18-7-2-8-19-38/h1-36H. The number of hydrogen-bond acceptors (Lipinski definition) is 5. The zero-order valence-corrected chi connectivity index (χ0v) is 32.5. The third-order valence-electron chi connectivity index (χ3n) is 11.1. The molecular weight excluding hydrogens is 733 g/mol. The fourth-order valence-corrected chi connectivity index (χ4v) is 8.15. The Bertz CT molecular complexity index is 3290. The van der Waals surface area contributed by atoms with Gasteiger partial charge in [-0.15, -0.1) is 0 Å². The Kier molecular flexibility index (Phi) is 8.75. The zero-order chi connectivity index (χ0) is 39.8. The van der Waals surface area contributed by atoms with Crippen LogP contribution in [0.3, 0.4) is 0 Å². The number of furan rings is 1. The normalized spacial score (nSPS) is 11.3. The van der Waals surface area contributed by atoms with Crippen LogP contribution in [-0.2, 0) is 0 Å². The van der Waals surface area contributed by atoms with Crippen molar-refractivity contribution in [3.05, 3.63) is 218 Å². The van der Waals surface area contributed by atoms with E-state index >= 15 is 0 Å². The highest BCUT2D eigenvalue weighted by atomic mass is 16.3. The molecular formula is C55H36N4O. The van der Waals surface area contributed by atoms with Gasteiger partial charge in [0.2, 0.25) is 0 Å². The number of anilines is 3. The molecule has 2 heterocycles. The van der Waals surface area contributed by atoms with Gasteiger partial charge in [-0.1, -0.05) is 164 Å². The second-order valence-electron chi connectivity index (χ2n) is 14.9. The molecule has 0 N–H and O–H groups in total. The summed E-state index contributed by atoms with van der Waals surface area (Å²) in [5.74, 6) is 1.73. The minimum absolute atomic E-state index is 0.555. The van der Waals surface area contributed by atoms with E-state index in [2.05, 4.69) is 175 Å². The van der Waals surface area contributed by atoms with Crippen LogP contribution in [-0.4, -0.2) is 15.0 Å². The summed E-state index contributed by atoms with van der Waals surface area (Å²) >= 11 is 0. The van der Waals surface area contributed by atoms with Gasteiger partial charge < -0.3 is 9.32 Å². The van der Waals surface area contributed by atoms with Crippen LogP contribution >= 0.6 is 0 Å². The van der Waals surface area contributed by atoms with Crippen molar-refractivity contribution in [1.29, 1.82) is 0 Å². The molecule has 2 aromatic heterocycles. The molecule has 0 aliphatic carbocycles. The summed E-state index contributed by atoms with van der Waals surface area (Å²) in [5.41, 5.74) is 11.6. The Morgan fingerprint density at radius 2 is 0.817 bits per heavy atom. The van der Waals surface area contributed by atoms with Crippen LogP contribution in [0.1, 0.15) is 0 Å². The van der Waals surface area contributed by atoms with Crippen molar-refractivity contribution < 1.29 is 4.42 Å². The van der Waals surface area contributed by atoms with E-state index in [1.165, 1.54) is 5.56 Å². The SMILES string of the molecule is c1ccc(-c2ccc(N(c3ccccc3)c3cc(-c4nc(-c5ccccc5)nc(-c5cccc(-c6ccccc6)c5)n4)c4c(c3)oc3cc5ccccc5cc34)cc2)cc1. The average Bonchev–Trinajstić information content (AvgIpc) is 3.69. The van der Waals surface area contributed by atoms with Gasteiger partial charge in [0, 0.05) is 44.9 Å². The van der Waals surface area contributed by atoms with Crippen molar-refractivity contribution in [2.24, 2.45) is 0 Å². The van der Waals surface area contributed by atoms with Crippen LogP contribution in [0.2, 0.25) is 0 Å². The minimum Gasteiger partial charge on any atom is -0.456 e. The third kappa shape index (κ3) is 6.54. The number of aromatic nitrogens is 3. The van der Waals surface area contributed by atoms with Crippen molar-refractivity contribution in [1.82, 2.24) is 15.0 Å². The molecule has 11 rings (SSSR count). The topological polar surface area (TPSA) is 55.1 Å². The van der Waals surface area contributed by atoms with Crippen molar-refractivity contribution in [2.75, 3.05) is 4.90 Å². The number of fused-ring (bicyclic) bond motifs is 4. The van der Waals surface area contributed by atoms with E-state index in [-0.39, 0.29) is 0 Å². The van der Waals surface area contributed by atoms with Crippen molar-refractivity contribution in [2.45, 2.75) is 0 Å². The van der Waals surface area contributed by atoms with Gasteiger partial charge in [0.1, 0.15) is 11.2 Å². The van der Waals surface area contributed by atoms with Crippen molar-refractivity contribution in [3.63, 3.8) is 0 Å². The highest BCUT2D eigenvalue weighted by Crippen LogP contribution is 2.44. The number of hydrogen-bond donors (Lipinski definition) is 0. The largest absolute Gasteiger partial charge is 0.456 e. The average molecular weight is 769 g/mol. The Morgan fingerprint density at radius 3 is 1.50 bits per heavy atom. The summed E-state index contributed by atoms with van der Waals surface area (Å²) in [6, 6.07) is 75.7. The third-order valence-corrected chi connectivity index (χ3v) is 11.1. The van der Waals surface area contributed by atoms with Crippen LogP contribution in [0.5, 0.6) is 0 Å². The summed E-state index contributed by atoms with van der Waals surface area (Å²) in [5, 5.41) is 4.19. The maximum absolute atomic E-state index is 6.86. The van der Waals surface area contributed by atoms with Gasteiger partial charge in [-0.25, -0.2) is 15.0 Å². The van der Waals surface area contributed by atoms with E-state index < -0.39 is 0 Å². The molecule has 11 aromatic rings. The van der Waals surface area contributed by atoms with Crippen LogP contribution in [0.25, 0.3) is 89.1 Å². The second-order valence-corrected chi connectivity index (χ2v) is 14.9. The molecule has 282 valence electrons. The van der Waals surface area contributed by atoms with E-state index in [0.717, 1.165) is 83.2 Å². The van der Waals surface area contributed by atoms with Crippen LogP contribution in [0.4, 0.5) is 17.1 Å². The molecule has 5 nitrogen and oxygen atoms in total.